The van der Waals surface area contributed by atoms with Gasteiger partial charge in [-0.15, -0.1) is 0 Å². The molecule has 1 amide bonds. The molecule has 1 spiro atoms. The van der Waals surface area contributed by atoms with Crippen LogP contribution in [0.15, 0.2) is 6.07 Å². The number of nitriles is 1. The van der Waals surface area contributed by atoms with Gasteiger partial charge >= 0.3 is 0 Å². The number of carbonyl (C=O) groups excluding carboxylic acids is 1. The minimum Gasteiger partial charge on any atom is -0.340 e. The molecule has 1 aliphatic heterocycles. The van der Waals surface area contributed by atoms with Gasteiger partial charge < -0.3 is 9.47 Å². The lowest BCUT2D eigenvalue weighted by Crippen LogP contribution is -2.44. The second kappa shape index (κ2) is 5.10. The molecule has 1 aromatic rings. The van der Waals surface area contributed by atoms with E-state index in [4.69, 9.17) is 0 Å². The van der Waals surface area contributed by atoms with E-state index < -0.39 is 0 Å². The van der Waals surface area contributed by atoms with Crippen LogP contribution in [0.5, 0.6) is 0 Å². The van der Waals surface area contributed by atoms with Gasteiger partial charge in [0.25, 0.3) is 0 Å². The van der Waals surface area contributed by atoms with E-state index in [9.17, 15) is 10.1 Å². The number of hydrogen-bond donors (Lipinski definition) is 1. The van der Waals surface area contributed by atoms with Gasteiger partial charge in [0.1, 0.15) is 17.9 Å². The van der Waals surface area contributed by atoms with Crippen molar-refractivity contribution >= 4 is 5.91 Å². The molecule has 0 aromatic carbocycles. The normalized spacial score (nSPS) is 26.2. The van der Waals surface area contributed by atoms with Crippen molar-refractivity contribution in [2.75, 3.05) is 6.54 Å². The number of rotatable bonds is 3. The predicted molar refractivity (Wildman–Crippen MR) is 86.4 cm³/mol. The number of nitrogens with zero attached hydrogens (tertiary/aromatic N) is 3. The molecule has 122 valence electrons. The molecule has 1 aromatic heterocycles. The lowest BCUT2D eigenvalue weighted by Gasteiger charge is -2.24. The van der Waals surface area contributed by atoms with Crippen LogP contribution in [-0.2, 0) is 11.8 Å². The molecule has 2 saturated carbocycles. The number of nitrogens with one attached hydrogen (secondary N) is 1. The summed E-state index contributed by atoms with van der Waals surface area (Å²) in [6, 6.07) is 4.20. The molecule has 2 heterocycles. The zero-order valence-corrected chi connectivity index (χ0v) is 13.9. The third-order valence-corrected chi connectivity index (χ3v) is 5.99. The van der Waals surface area contributed by atoms with Crippen molar-refractivity contribution in [3.63, 3.8) is 0 Å². The fourth-order valence-corrected chi connectivity index (χ4v) is 4.25. The minimum absolute atomic E-state index is 0.0745. The summed E-state index contributed by atoms with van der Waals surface area (Å²) in [5.74, 6) is 0.952. The summed E-state index contributed by atoms with van der Waals surface area (Å²) in [4.78, 5) is 15.2. The Hall–Kier alpha value is -1.80. The smallest absolute Gasteiger partial charge is 0.244 e. The summed E-state index contributed by atoms with van der Waals surface area (Å²) in [5, 5.41) is 13.0. The van der Waals surface area contributed by atoms with Gasteiger partial charge in [0.05, 0.1) is 5.54 Å². The topological polar surface area (TPSA) is 61.1 Å². The Morgan fingerprint density at radius 3 is 2.65 bits per heavy atom. The average molecular weight is 312 g/mol. The van der Waals surface area contributed by atoms with E-state index in [0.29, 0.717) is 11.6 Å². The Kier molecular flexibility index (Phi) is 3.28. The SMILES string of the molecule is Cc1c(C2NC3(CCCC3)C(=O)N2CC2CC2)cc(C#N)n1C. The molecule has 1 N–H and O–H groups in total. The van der Waals surface area contributed by atoms with Crippen LogP contribution in [0.1, 0.15) is 61.6 Å². The van der Waals surface area contributed by atoms with Crippen molar-refractivity contribution in [3.8, 4) is 6.07 Å². The molecule has 3 fully saturated rings. The fourth-order valence-electron chi connectivity index (χ4n) is 4.25. The Morgan fingerprint density at radius 1 is 1.39 bits per heavy atom. The number of amides is 1. The molecular formula is C18H24N4O. The highest BCUT2D eigenvalue weighted by Gasteiger charge is 2.53. The van der Waals surface area contributed by atoms with E-state index in [1.54, 1.807) is 0 Å². The van der Waals surface area contributed by atoms with Crippen LogP contribution < -0.4 is 5.32 Å². The van der Waals surface area contributed by atoms with Gasteiger partial charge in [0.2, 0.25) is 5.91 Å². The monoisotopic (exact) mass is 312 g/mol. The first kappa shape index (κ1) is 14.8. The van der Waals surface area contributed by atoms with Crippen molar-refractivity contribution < 1.29 is 4.79 Å². The molecule has 1 saturated heterocycles. The lowest BCUT2D eigenvalue weighted by atomic mass is 9.98. The molecule has 3 aliphatic rings. The first-order valence-corrected chi connectivity index (χ1v) is 8.71. The molecule has 4 rings (SSSR count). The van der Waals surface area contributed by atoms with Gasteiger partial charge in [-0.25, -0.2) is 0 Å². The summed E-state index contributed by atoms with van der Waals surface area (Å²) in [5.41, 5.74) is 2.46. The van der Waals surface area contributed by atoms with Crippen LogP contribution in [0.4, 0.5) is 0 Å². The van der Waals surface area contributed by atoms with E-state index in [0.717, 1.165) is 43.5 Å². The molecule has 0 radical (unpaired) electrons. The summed E-state index contributed by atoms with van der Waals surface area (Å²) in [6.07, 6.45) is 6.54. The van der Waals surface area contributed by atoms with E-state index >= 15 is 0 Å². The Bertz CT molecular complexity index is 689. The van der Waals surface area contributed by atoms with Gasteiger partial charge in [-0.05, 0) is 44.6 Å². The van der Waals surface area contributed by atoms with Crippen LogP contribution in [0.3, 0.4) is 0 Å². The molecule has 2 aliphatic carbocycles. The maximum absolute atomic E-state index is 13.1. The zero-order chi connectivity index (χ0) is 16.2. The van der Waals surface area contributed by atoms with Crippen LogP contribution in [0.25, 0.3) is 0 Å². The van der Waals surface area contributed by atoms with Crippen molar-refractivity contribution in [2.24, 2.45) is 13.0 Å². The number of hydrogen-bond acceptors (Lipinski definition) is 3. The van der Waals surface area contributed by atoms with E-state index in [1.807, 2.05) is 24.6 Å². The summed E-state index contributed by atoms with van der Waals surface area (Å²) in [6.45, 7) is 2.89. The van der Waals surface area contributed by atoms with Crippen LogP contribution >= 0.6 is 0 Å². The summed E-state index contributed by atoms with van der Waals surface area (Å²) < 4.78 is 1.93. The van der Waals surface area contributed by atoms with Crippen LogP contribution in [0, 0.1) is 24.2 Å². The van der Waals surface area contributed by atoms with Crippen molar-refractivity contribution in [2.45, 2.75) is 57.2 Å². The molecule has 23 heavy (non-hydrogen) atoms. The summed E-state index contributed by atoms with van der Waals surface area (Å²) >= 11 is 0. The number of aromatic nitrogens is 1. The molecule has 1 unspecified atom stereocenters. The first-order chi connectivity index (χ1) is 11.1. The molecule has 0 bridgehead atoms. The van der Waals surface area contributed by atoms with Gasteiger partial charge in [-0.2, -0.15) is 5.26 Å². The van der Waals surface area contributed by atoms with Crippen molar-refractivity contribution in [1.82, 2.24) is 14.8 Å². The molecule has 1 atom stereocenters. The Morgan fingerprint density at radius 2 is 2.09 bits per heavy atom. The van der Waals surface area contributed by atoms with E-state index in [1.165, 1.54) is 12.8 Å². The zero-order valence-electron chi connectivity index (χ0n) is 13.9. The second-order valence-corrected chi connectivity index (χ2v) is 7.48. The summed E-state index contributed by atoms with van der Waals surface area (Å²) in [7, 11) is 1.92. The fraction of sp³-hybridized carbons (Fsp3) is 0.667. The van der Waals surface area contributed by atoms with Gasteiger partial charge in [-0.1, -0.05) is 12.8 Å². The van der Waals surface area contributed by atoms with Crippen LogP contribution in [-0.4, -0.2) is 27.5 Å². The predicted octanol–water partition coefficient (Wildman–Crippen LogP) is 2.36. The molecule has 5 nitrogen and oxygen atoms in total. The second-order valence-electron chi connectivity index (χ2n) is 7.48. The van der Waals surface area contributed by atoms with Gasteiger partial charge in [-0.3, -0.25) is 10.1 Å². The van der Waals surface area contributed by atoms with Crippen molar-refractivity contribution in [1.29, 1.82) is 5.26 Å². The van der Waals surface area contributed by atoms with Crippen molar-refractivity contribution in [3.05, 3.63) is 23.0 Å². The highest BCUT2D eigenvalue weighted by atomic mass is 16.2. The first-order valence-electron chi connectivity index (χ1n) is 8.71. The standard InChI is InChI=1S/C18H24N4O/c1-12-15(9-14(10-19)21(12)2)16-20-18(7-3-4-8-18)17(23)22(16)11-13-5-6-13/h9,13,16,20H,3-8,11H2,1-2H3. The van der Waals surface area contributed by atoms with Crippen LogP contribution in [0.2, 0.25) is 0 Å². The van der Waals surface area contributed by atoms with E-state index in [-0.39, 0.29) is 17.6 Å². The maximum Gasteiger partial charge on any atom is 0.244 e. The average Bonchev–Trinajstić information content (AvgIpc) is 3.08. The Balaban J connectivity index is 1.73. The van der Waals surface area contributed by atoms with Gasteiger partial charge in [0.15, 0.2) is 0 Å². The highest BCUT2D eigenvalue weighted by molar-refractivity contribution is 5.89. The molecule has 5 heteroatoms. The maximum atomic E-state index is 13.1. The van der Waals surface area contributed by atoms with Gasteiger partial charge in [0, 0.05) is 24.8 Å². The molecular weight excluding hydrogens is 288 g/mol. The quantitative estimate of drug-likeness (QED) is 0.932. The third kappa shape index (κ3) is 2.20. The third-order valence-electron chi connectivity index (χ3n) is 5.99. The number of carbonyl (C=O) groups is 1. The Labute approximate surface area is 137 Å². The largest absolute Gasteiger partial charge is 0.340 e. The minimum atomic E-state index is -0.353. The lowest BCUT2D eigenvalue weighted by molar-refractivity contribution is -0.133. The highest BCUT2D eigenvalue weighted by Crippen LogP contribution is 2.44. The van der Waals surface area contributed by atoms with E-state index in [2.05, 4.69) is 16.3 Å².